The Labute approximate surface area is 278 Å². The smallest absolute Gasteiger partial charge is 0.228 e. The van der Waals surface area contributed by atoms with Crippen LogP contribution in [0.3, 0.4) is 0 Å². The number of amides is 3. The Bertz CT molecular complexity index is 2040. The molecule has 48 heavy (non-hydrogen) atoms. The number of carbonyl (C=O) groups is 3. The number of anilines is 3. The highest BCUT2D eigenvalue weighted by Crippen LogP contribution is 2.26. The van der Waals surface area contributed by atoms with Crippen molar-refractivity contribution >= 4 is 67.1 Å². The second-order valence-electron chi connectivity index (χ2n) is 11.9. The highest BCUT2D eigenvalue weighted by Gasteiger charge is 2.14. The average molecular weight is 628 g/mol. The lowest BCUT2D eigenvalue weighted by Gasteiger charge is -2.14. The lowest BCUT2D eigenvalue weighted by molar-refractivity contribution is -0.116. The van der Waals surface area contributed by atoms with Crippen molar-refractivity contribution in [2.45, 2.75) is 19.3 Å². The summed E-state index contributed by atoms with van der Waals surface area (Å²) in [6, 6.07) is 46.8. The molecule has 3 N–H and O–H groups in total. The molecule has 7 aromatic carbocycles. The van der Waals surface area contributed by atoms with Crippen LogP contribution in [0.2, 0.25) is 0 Å². The fourth-order valence-electron chi connectivity index (χ4n) is 6.32. The Balaban J connectivity index is 1.13. The summed E-state index contributed by atoms with van der Waals surface area (Å²) in [5, 5.41) is 15.2. The molecule has 234 valence electrons. The number of fused-ring (bicyclic) bond motifs is 3. The molecule has 0 aromatic heterocycles. The third kappa shape index (κ3) is 6.93. The number of hydrogen-bond acceptors (Lipinski definition) is 3. The van der Waals surface area contributed by atoms with Gasteiger partial charge < -0.3 is 16.0 Å². The van der Waals surface area contributed by atoms with E-state index in [1.165, 1.54) is 0 Å². The second-order valence-corrected chi connectivity index (χ2v) is 11.9. The van der Waals surface area contributed by atoms with E-state index in [-0.39, 0.29) is 37.0 Å². The molecular weight excluding hydrogens is 594 g/mol. The summed E-state index contributed by atoms with van der Waals surface area (Å²) < 4.78 is 0. The second kappa shape index (κ2) is 13.6. The number of benzene rings is 7. The first-order valence-corrected chi connectivity index (χ1v) is 15.9. The van der Waals surface area contributed by atoms with Gasteiger partial charge in [0.05, 0.1) is 19.3 Å². The SMILES string of the molecule is O=C(Cc1cccc2ccccc12)Nc1cc(NC(=O)Cc2cccc3ccccc23)cc(NC(=O)Cc2cccc3ccccc23)c1. The first kappa shape index (κ1) is 30.4. The largest absolute Gasteiger partial charge is 0.326 e. The van der Waals surface area contributed by atoms with Gasteiger partial charge in [0.2, 0.25) is 17.7 Å². The van der Waals surface area contributed by atoms with E-state index in [1.54, 1.807) is 18.2 Å². The molecule has 0 atom stereocenters. The third-order valence-corrected chi connectivity index (χ3v) is 8.48. The summed E-state index contributed by atoms with van der Waals surface area (Å²) in [6.45, 7) is 0. The summed E-state index contributed by atoms with van der Waals surface area (Å²) in [5.74, 6) is -0.629. The Hall–Kier alpha value is -6.27. The lowest BCUT2D eigenvalue weighted by atomic mass is 10.0. The van der Waals surface area contributed by atoms with Gasteiger partial charge in [-0.3, -0.25) is 14.4 Å². The zero-order chi connectivity index (χ0) is 32.9. The molecule has 0 bridgehead atoms. The summed E-state index contributed by atoms with van der Waals surface area (Å²) in [5.41, 5.74) is 4.12. The molecule has 0 heterocycles. The predicted molar refractivity (Wildman–Crippen MR) is 195 cm³/mol. The Morgan fingerprint density at radius 1 is 0.354 bits per heavy atom. The van der Waals surface area contributed by atoms with Gasteiger partial charge in [-0.25, -0.2) is 0 Å². The van der Waals surface area contributed by atoms with Gasteiger partial charge >= 0.3 is 0 Å². The van der Waals surface area contributed by atoms with Gasteiger partial charge in [-0.15, -0.1) is 0 Å². The van der Waals surface area contributed by atoms with Crippen molar-refractivity contribution in [2.24, 2.45) is 0 Å². The zero-order valence-electron chi connectivity index (χ0n) is 26.2. The van der Waals surface area contributed by atoms with Gasteiger partial charge in [-0.2, -0.15) is 0 Å². The number of hydrogen-bond donors (Lipinski definition) is 3. The minimum atomic E-state index is -0.210. The van der Waals surface area contributed by atoms with Crippen LogP contribution in [0.25, 0.3) is 32.3 Å². The quantitative estimate of drug-likeness (QED) is 0.150. The first-order valence-electron chi connectivity index (χ1n) is 15.9. The van der Waals surface area contributed by atoms with Crippen LogP contribution < -0.4 is 16.0 Å². The van der Waals surface area contributed by atoms with E-state index < -0.39 is 0 Å². The Morgan fingerprint density at radius 2 is 0.625 bits per heavy atom. The third-order valence-electron chi connectivity index (χ3n) is 8.48. The van der Waals surface area contributed by atoms with Crippen LogP contribution in [0.15, 0.2) is 146 Å². The van der Waals surface area contributed by atoms with Crippen molar-refractivity contribution in [1.82, 2.24) is 0 Å². The Kier molecular flexibility index (Phi) is 8.62. The molecule has 0 aliphatic carbocycles. The highest BCUT2D eigenvalue weighted by atomic mass is 16.2. The van der Waals surface area contributed by atoms with Crippen molar-refractivity contribution in [3.05, 3.63) is 162 Å². The maximum absolute atomic E-state index is 13.3. The predicted octanol–water partition coefficient (Wildman–Crippen LogP) is 8.69. The van der Waals surface area contributed by atoms with E-state index >= 15 is 0 Å². The van der Waals surface area contributed by atoms with Gasteiger partial charge in [0.15, 0.2) is 0 Å². The normalized spacial score (nSPS) is 11.0. The van der Waals surface area contributed by atoms with Crippen LogP contribution in [0.1, 0.15) is 16.7 Å². The van der Waals surface area contributed by atoms with Crippen LogP contribution in [0, 0.1) is 0 Å². The average Bonchev–Trinajstić information content (AvgIpc) is 3.08. The lowest BCUT2D eigenvalue weighted by Crippen LogP contribution is -2.18. The number of nitrogens with one attached hydrogen (secondary N) is 3. The molecule has 0 spiro atoms. The minimum absolute atomic E-state index is 0.168. The molecule has 0 fully saturated rings. The van der Waals surface area contributed by atoms with E-state index in [4.69, 9.17) is 0 Å². The van der Waals surface area contributed by atoms with Crippen molar-refractivity contribution < 1.29 is 14.4 Å². The van der Waals surface area contributed by atoms with Crippen LogP contribution in [-0.4, -0.2) is 17.7 Å². The molecule has 0 aliphatic heterocycles. The molecule has 7 rings (SSSR count). The summed E-state index contributed by atoms with van der Waals surface area (Å²) in [7, 11) is 0. The molecule has 3 amide bonds. The standard InChI is InChI=1S/C42H33N3O3/c46-40(22-31-16-7-13-28-10-1-4-19-37(28)31)43-34-25-35(44-41(47)23-32-17-8-14-29-11-2-5-20-38(29)32)27-36(26-34)45-42(48)24-33-18-9-15-30-12-3-6-21-39(30)33/h1-21,25-27H,22-24H2,(H,43,46)(H,44,47)(H,45,48). The summed E-state index contributed by atoms with van der Waals surface area (Å²) in [4.78, 5) is 40.0. The van der Waals surface area contributed by atoms with Crippen molar-refractivity contribution in [2.75, 3.05) is 16.0 Å². The van der Waals surface area contributed by atoms with Gasteiger partial charge in [-0.05, 0) is 67.2 Å². The molecule has 0 aliphatic rings. The van der Waals surface area contributed by atoms with Crippen LogP contribution in [0.4, 0.5) is 17.1 Å². The van der Waals surface area contributed by atoms with E-state index in [1.807, 2.05) is 127 Å². The Morgan fingerprint density at radius 3 is 0.938 bits per heavy atom. The maximum Gasteiger partial charge on any atom is 0.228 e. The van der Waals surface area contributed by atoms with Gasteiger partial charge in [0.25, 0.3) is 0 Å². The molecule has 6 nitrogen and oxygen atoms in total. The fraction of sp³-hybridized carbons (Fsp3) is 0.0714. The summed E-state index contributed by atoms with van der Waals surface area (Å²) >= 11 is 0. The van der Waals surface area contributed by atoms with E-state index in [0.29, 0.717) is 17.1 Å². The topological polar surface area (TPSA) is 87.3 Å². The number of rotatable bonds is 9. The van der Waals surface area contributed by atoms with Crippen molar-refractivity contribution in [3.63, 3.8) is 0 Å². The van der Waals surface area contributed by atoms with Crippen molar-refractivity contribution in [1.29, 1.82) is 0 Å². The van der Waals surface area contributed by atoms with Crippen LogP contribution >= 0.6 is 0 Å². The minimum Gasteiger partial charge on any atom is -0.326 e. The molecule has 7 aromatic rings. The molecule has 6 heteroatoms. The van der Waals surface area contributed by atoms with Gasteiger partial charge in [0.1, 0.15) is 0 Å². The fourth-order valence-corrected chi connectivity index (χ4v) is 6.32. The number of carbonyl (C=O) groups excluding carboxylic acids is 3. The highest BCUT2D eigenvalue weighted by molar-refractivity contribution is 6.02. The first-order chi connectivity index (χ1) is 23.5. The van der Waals surface area contributed by atoms with E-state index in [0.717, 1.165) is 49.0 Å². The summed E-state index contributed by atoms with van der Waals surface area (Å²) in [6.07, 6.45) is 0.505. The monoisotopic (exact) mass is 627 g/mol. The van der Waals surface area contributed by atoms with Gasteiger partial charge in [-0.1, -0.05) is 127 Å². The van der Waals surface area contributed by atoms with E-state index in [9.17, 15) is 14.4 Å². The molecule has 0 radical (unpaired) electrons. The molecule has 0 unspecified atom stereocenters. The van der Waals surface area contributed by atoms with Gasteiger partial charge in [0, 0.05) is 17.1 Å². The molecular formula is C42H33N3O3. The maximum atomic E-state index is 13.3. The van der Waals surface area contributed by atoms with Crippen LogP contribution in [0.5, 0.6) is 0 Å². The van der Waals surface area contributed by atoms with Crippen molar-refractivity contribution in [3.8, 4) is 0 Å². The van der Waals surface area contributed by atoms with Crippen LogP contribution in [-0.2, 0) is 33.6 Å². The molecule has 0 saturated carbocycles. The zero-order valence-corrected chi connectivity index (χ0v) is 26.2. The molecule has 0 saturated heterocycles. The van der Waals surface area contributed by atoms with E-state index in [2.05, 4.69) is 16.0 Å².